The lowest BCUT2D eigenvalue weighted by Gasteiger charge is -2.45. The zero-order valence-corrected chi connectivity index (χ0v) is 15.2. The fraction of sp³-hybridized carbons (Fsp3) is 0.400. The minimum atomic E-state index is -4.46. The second-order valence-electron chi connectivity index (χ2n) is 6.68. The molecule has 0 radical (unpaired) electrons. The van der Waals surface area contributed by atoms with E-state index < -0.39 is 43.8 Å². The largest absolute Gasteiger partial charge is 0.334 e. The minimum absolute atomic E-state index is 0.00458. The van der Waals surface area contributed by atoms with Crippen LogP contribution in [0.2, 0.25) is 0 Å². The van der Waals surface area contributed by atoms with Gasteiger partial charge in [-0.3, -0.25) is 9.89 Å². The van der Waals surface area contributed by atoms with Crippen LogP contribution in [-0.4, -0.2) is 64.1 Å². The van der Waals surface area contributed by atoms with Gasteiger partial charge in [-0.2, -0.15) is 4.31 Å². The van der Waals surface area contributed by atoms with Gasteiger partial charge in [-0.05, 0) is 19.9 Å². The Bertz CT molecular complexity index is 979. The summed E-state index contributed by atoms with van der Waals surface area (Å²) in [7, 11) is -4.46. The number of aromatic amines is 1. The molecule has 12 heteroatoms. The van der Waals surface area contributed by atoms with E-state index >= 15 is 0 Å². The van der Waals surface area contributed by atoms with E-state index in [1.807, 2.05) is 0 Å². The third-order valence-electron chi connectivity index (χ3n) is 4.30. The molecular weight excluding hydrogens is 387 g/mol. The molecule has 2 heterocycles. The first-order chi connectivity index (χ1) is 12.5. The van der Waals surface area contributed by atoms with Crippen LogP contribution in [0.1, 0.15) is 24.3 Å². The van der Waals surface area contributed by atoms with E-state index in [0.717, 1.165) is 4.31 Å². The molecule has 1 fully saturated rings. The van der Waals surface area contributed by atoms with Crippen LogP contribution >= 0.6 is 0 Å². The molecule has 27 heavy (non-hydrogen) atoms. The molecule has 1 aliphatic heterocycles. The molecule has 8 nitrogen and oxygen atoms in total. The number of carbonyl (C=O) groups excluding carboxylic acids is 1. The van der Waals surface area contributed by atoms with E-state index in [1.165, 1.54) is 11.1 Å². The van der Waals surface area contributed by atoms with Crippen molar-refractivity contribution in [2.45, 2.75) is 24.3 Å². The van der Waals surface area contributed by atoms with Gasteiger partial charge in [0.25, 0.3) is 5.91 Å². The van der Waals surface area contributed by atoms with Crippen LogP contribution in [0.5, 0.6) is 0 Å². The van der Waals surface area contributed by atoms with Crippen LogP contribution in [0.25, 0.3) is 0 Å². The predicted molar refractivity (Wildman–Crippen MR) is 86.6 cm³/mol. The number of rotatable bonds is 3. The number of amides is 1. The molecule has 0 spiro atoms. The van der Waals surface area contributed by atoms with Gasteiger partial charge in [-0.25, -0.2) is 21.6 Å². The summed E-state index contributed by atoms with van der Waals surface area (Å²) >= 11 is 0. The average molecular weight is 403 g/mol. The van der Waals surface area contributed by atoms with Crippen molar-refractivity contribution in [1.82, 2.24) is 24.6 Å². The van der Waals surface area contributed by atoms with Gasteiger partial charge in [-0.1, -0.05) is 5.21 Å². The molecule has 1 saturated heterocycles. The lowest BCUT2D eigenvalue weighted by molar-refractivity contribution is 0.0489. The molecule has 2 aromatic rings. The van der Waals surface area contributed by atoms with E-state index in [2.05, 4.69) is 15.4 Å². The van der Waals surface area contributed by atoms with E-state index in [4.69, 9.17) is 0 Å². The van der Waals surface area contributed by atoms with E-state index in [1.54, 1.807) is 13.8 Å². The SMILES string of the molecule is CC1(C)CN(C(=O)c2cnn[nH]2)CCN1S(=O)(=O)c1cc(F)c(F)cc1F. The van der Waals surface area contributed by atoms with E-state index in [9.17, 15) is 26.4 Å². The summed E-state index contributed by atoms with van der Waals surface area (Å²) < 4.78 is 67.3. The summed E-state index contributed by atoms with van der Waals surface area (Å²) in [6, 6.07) is 0.518. The highest BCUT2D eigenvalue weighted by Gasteiger charge is 2.44. The maximum absolute atomic E-state index is 14.0. The van der Waals surface area contributed by atoms with Crippen molar-refractivity contribution >= 4 is 15.9 Å². The highest BCUT2D eigenvalue weighted by molar-refractivity contribution is 7.89. The monoisotopic (exact) mass is 403 g/mol. The van der Waals surface area contributed by atoms with Crippen molar-refractivity contribution in [2.24, 2.45) is 0 Å². The first-order valence-electron chi connectivity index (χ1n) is 7.87. The summed E-state index contributed by atoms with van der Waals surface area (Å²) in [4.78, 5) is 12.9. The number of hydrogen-bond donors (Lipinski definition) is 1. The molecule has 0 unspecified atom stereocenters. The van der Waals surface area contributed by atoms with E-state index in [-0.39, 0.29) is 31.4 Å². The number of carbonyl (C=O) groups is 1. The van der Waals surface area contributed by atoms with Gasteiger partial charge >= 0.3 is 0 Å². The van der Waals surface area contributed by atoms with Gasteiger partial charge in [0.1, 0.15) is 16.4 Å². The maximum atomic E-state index is 14.0. The van der Waals surface area contributed by atoms with Crippen LogP contribution < -0.4 is 0 Å². The number of sulfonamides is 1. The van der Waals surface area contributed by atoms with Gasteiger partial charge in [0.15, 0.2) is 11.6 Å². The molecule has 0 saturated carbocycles. The molecule has 3 rings (SSSR count). The van der Waals surface area contributed by atoms with Crippen LogP contribution in [0.15, 0.2) is 23.2 Å². The summed E-state index contributed by atoms with van der Waals surface area (Å²) in [5.74, 6) is -4.74. The van der Waals surface area contributed by atoms with Crippen molar-refractivity contribution < 1.29 is 26.4 Å². The molecule has 1 amide bonds. The van der Waals surface area contributed by atoms with Gasteiger partial charge in [0.2, 0.25) is 10.0 Å². The Labute approximate surface area is 153 Å². The van der Waals surface area contributed by atoms with Crippen molar-refractivity contribution in [3.05, 3.63) is 41.5 Å². The van der Waals surface area contributed by atoms with E-state index in [0.29, 0.717) is 6.07 Å². The molecule has 146 valence electrons. The van der Waals surface area contributed by atoms with Crippen LogP contribution in [0.4, 0.5) is 13.2 Å². The standard InChI is InChI=1S/C15H16F3N5O3S/c1-15(2)8-22(14(24)12-7-19-21-20-12)3-4-23(15)27(25,26)13-6-10(17)9(16)5-11(13)18/h5-7H,3-4,8H2,1-2H3,(H,19,20,21). The van der Waals surface area contributed by atoms with Gasteiger partial charge < -0.3 is 4.90 Å². The Kier molecular flexibility index (Phi) is 4.72. The van der Waals surface area contributed by atoms with Crippen LogP contribution in [0, 0.1) is 17.5 Å². The van der Waals surface area contributed by atoms with Crippen molar-refractivity contribution in [1.29, 1.82) is 0 Å². The second-order valence-corrected chi connectivity index (χ2v) is 8.51. The summed E-state index contributed by atoms with van der Waals surface area (Å²) in [5.41, 5.74) is -0.980. The number of benzene rings is 1. The van der Waals surface area contributed by atoms with Crippen molar-refractivity contribution in [2.75, 3.05) is 19.6 Å². The molecule has 1 aromatic carbocycles. The Hall–Kier alpha value is -2.47. The number of aromatic nitrogens is 3. The van der Waals surface area contributed by atoms with Gasteiger partial charge in [0.05, 0.1) is 6.20 Å². The predicted octanol–water partition coefficient (Wildman–Crippen LogP) is 1.15. The number of hydrogen-bond acceptors (Lipinski definition) is 5. The van der Waals surface area contributed by atoms with Gasteiger partial charge in [0, 0.05) is 31.2 Å². The topological polar surface area (TPSA) is 99.3 Å². The third kappa shape index (κ3) is 3.41. The highest BCUT2D eigenvalue weighted by atomic mass is 32.2. The molecule has 1 aliphatic rings. The number of nitrogens with zero attached hydrogens (tertiary/aromatic N) is 4. The van der Waals surface area contributed by atoms with Crippen LogP contribution in [-0.2, 0) is 10.0 Å². The molecule has 0 bridgehead atoms. The summed E-state index contributed by atoms with van der Waals surface area (Å²) in [5, 5.41) is 9.42. The lowest BCUT2D eigenvalue weighted by Crippen LogP contribution is -2.62. The maximum Gasteiger partial charge on any atom is 0.273 e. The third-order valence-corrected chi connectivity index (χ3v) is 6.43. The summed E-state index contributed by atoms with van der Waals surface area (Å²) in [6.07, 6.45) is 1.25. The fourth-order valence-electron chi connectivity index (χ4n) is 3.05. The Morgan fingerprint density at radius 2 is 1.81 bits per heavy atom. The zero-order valence-electron chi connectivity index (χ0n) is 14.4. The molecule has 1 aromatic heterocycles. The average Bonchev–Trinajstić information content (AvgIpc) is 3.10. The number of halogens is 3. The van der Waals surface area contributed by atoms with Crippen molar-refractivity contribution in [3.63, 3.8) is 0 Å². The molecular formula is C15H16F3N5O3S. The Balaban J connectivity index is 1.90. The Morgan fingerprint density at radius 3 is 2.41 bits per heavy atom. The van der Waals surface area contributed by atoms with Crippen molar-refractivity contribution in [3.8, 4) is 0 Å². The first-order valence-corrected chi connectivity index (χ1v) is 9.31. The quantitative estimate of drug-likeness (QED) is 0.775. The fourth-order valence-corrected chi connectivity index (χ4v) is 4.88. The molecule has 0 aliphatic carbocycles. The summed E-state index contributed by atoms with van der Waals surface area (Å²) in [6.45, 7) is 2.96. The molecule has 1 N–H and O–H groups in total. The second kappa shape index (κ2) is 6.60. The minimum Gasteiger partial charge on any atom is -0.334 e. The van der Waals surface area contributed by atoms with Crippen LogP contribution in [0.3, 0.4) is 0 Å². The number of nitrogens with one attached hydrogen (secondary N) is 1. The smallest absolute Gasteiger partial charge is 0.273 e. The number of piperazine rings is 1. The first kappa shape index (κ1) is 19.3. The Morgan fingerprint density at radius 1 is 1.15 bits per heavy atom. The highest BCUT2D eigenvalue weighted by Crippen LogP contribution is 2.31. The normalized spacial score (nSPS) is 17.9. The lowest BCUT2D eigenvalue weighted by atomic mass is 10.0. The zero-order chi connectivity index (χ0) is 20.0. The number of H-pyrrole nitrogens is 1. The van der Waals surface area contributed by atoms with Gasteiger partial charge in [-0.15, -0.1) is 5.10 Å². The molecule has 0 atom stereocenters.